The van der Waals surface area contributed by atoms with Gasteiger partial charge in [0.15, 0.2) is 0 Å². The monoisotopic (exact) mass is 557 g/mol. The van der Waals surface area contributed by atoms with Gasteiger partial charge in [-0.15, -0.1) is 0 Å². The van der Waals surface area contributed by atoms with Crippen LogP contribution in [0.25, 0.3) is 22.4 Å². The quantitative estimate of drug-likeness (QED) is 0.226. The van der Waals surface area contributed by atoms with Crippen molar-refractivity contribution in [3.63, 3.8) is 0 Å². The number of hydrogen-bond acceptors (Lipinski definition) is 5. The number of carbonyl (C=O) groups is 1. The van der Waals surface area contributed by atoms with Gasteiger partial charge in [-0.3, -0.25) is 4.79 Å². The normalized spacial score (nSPS) is 11.4. The number of nitrogens with one attached hydrogen (secondary N) is 1. The molecule has 5 nitrogen and oxygen atoms in total. The molecule has 0 saturated carbocycles. The van der Waals surface area contributed by atoms with Crippen molar-refractivity contribution in [2.24, 2.45) is 0 Å². The molecule has 7 heteroatoms. The summed E-state index contributed by atoms with van der Waals surface area (Å²) in [5.74, 6) is 0.617. The van der Waals surface area contributed by atoms with Crippen LogP contribution in [0.4, 0.5) is 5.69 Å². The Bertz CT molecular complexity index is 1390. The summed E-state index contributed by atoms with van der Waals surface area (Å²) in [5.41, 5.74) is 4.46. The number of hydrogen-bond donors (Lipinski definition) is 1. The Morgan fingerprint density at radius 1 is 1.06 bits per heavy atom. The third kappa shape index (κ3) is 6.14. The Kier molecular flexibility index (Phi) is 8.42. The van der Waals surface area contributed by atoms with Crippen LogP contribution in [0.3, 0.4) is 0 Å². The van der Waals surface area contributed by atoms with Crippen LogP contribution in [0.2, 0.25) is 0 Å². The van der Waals surface area contributed by atoms with Crippen LogP contribution in [-0.4, -0.2) is 22.7 Å². The lowest BCUT2D eigenvalue weighted by molar-refractivity contribution is -0.115. The number of benzene rings is 3. The number of nitrogens with zero attached hydrogens (tertiary/aromatic N) is 2. The van der Waals surface area contributed by atoms with Gasteiger partial charge in [0.05, 0.1) is 23.1 Å². The summed E-state index contributed by atoms with van der Waals surface area (Å²) in [5, 5.41) is 13.1. The summed E-state index contributed by atoms with van der Waals surface area (Å²) in [4.78, 5) is 17.8. The number of carbonyl (C=O) groups excluding carboxylic acids is 1. The minimum atomic E-state index is -0.479. The Hall–Kier alpha value is -3.60. The summed E-state index contributed by atoms with van der Waals surface area (Å²) in [6.45, 7) is 4.35. The molecular formula is C29H24BrN3O2S. The number of thioether (sulfide) groups is 1. The lowest BCUT2D eigenvalue weighted by Gasteiger charge is -2.16. The smallest absolute Gasteiger partial charge is 0.237 e. The number of rotatable bonds is 8. The maximum absolute atomic E-state index is 12.9. The minimum Gasteiger partial charge on any atom is -0.494 e. The van der Waals surface area contributed by atoms with E-state index in [0.717, 1.165) is 32.6 Å². The molecule has 0 saturated heterocycles. The standard InChI is InChI=1S/C29H24BrN3O2S/c1-3-35-24-15-9-21(10-16-24)27-17-25(20-7-5-4-6-8-20)26(18-31)29(33-27)36-19(2)28(34)32-23-13-11-22(30)12-14-23/h4-17,19H,3H2,1-2H3,(H,32,34)/t19-/m1/s1. The molecule has 4 rings (SSSR count). The van der Waals surface area contributed by atoms with Gasteiger partial charge in [-0.05, 0) is 74.0 Å². The summed E-state index contributed by atoms with van der Waals surface area (Å²) in [6.07, 6.45) is 0. The average Bonchev–Trinajstić information content (AvgIpc) is 2.90. The molecule has 0 bridgehead atoms. The van der Waals surface area contributed by atoms with Crippen molar-refractivity contribution in [2.75, 3.05) is 11.9 Å². The Labute approximate surface area is 223 Å². The van der Waals surface area contributed by atoms with E-state index in [-0.39, 0.29) is 5.91 Å². The maximum atomic E-state index is 12.9. The van der Waals surface area contributed by atoms with Gasteiger partial charge in [0.1, 0.15) is 16.8 Å². The number of aromatic nitrogens is 1. The fourth-order valence-corrected chi connectivity index (χ4v) is 4.78. The van der Waals surface area contributed by atoms with E-state index in [4.69, 9.17) is 9.72 Å². The summed E-state index contributed by atoms with van der Waals surface area (Å²) >= 11 is 4.68. The number of ether oxygens (including phenoxy) is 1. The van der Waals surface area contributed by atoms with Crippen LogP contribution in [0.1, 0.15) is 19.4 Å². The SMILES string of the molecule is CCOc1ccc(-c2cc(-c3ccccc3)c(C#N)c(S[C@H](C)C(=O)Nc3ccc(Br)cc3)n2)cc1. The van der Waals surface area contributed by atoms with Gasteiger partial charge in [-0.25, -0.2) is 4.98 Å². The molecule has 36 heavy (non-hydrogen) atoms. The van der Waals surface area contributed by atoms with Gasteiger partial charge in [0.2, 0.25) is 5.91 Å². The Morgan fingerprint density at radius 3 is 2.39 bits per heavy atom. The number of nitriles is 1. The highest BCUT2D eigenvalue weighted by atomic mass is 79.9. The summed E-state index contributed by atoms with van der Waals surface area (Å²) < 4.78 is 6.51. The van der Waals surface area contributed by atoms with Crippen molar-refractivity contribution in [1.82, 2.24) is 4.98 Å². The lowest BCUT2D eigenvalue weighted by Crippen LogP contribution is -2.22. The molecule has 1 aromatic heterocycles. The highest BCUT2D eigenvalue weighted by molar-refractivity contribution is 9.10. The number of anilines is 1. The van der Waals surface area contributed by atoms with Crippen LogP contribution in [0.5, 0.6) is 5.75 Å². The van der Waals surface area contributed by atoms with Crippen LogP contribution in [-0.2, 0) is 4.79 Å². The first-order valence-electron chi connectivity index (χ1n) is 11.5. The number of pyridine rings is 1. The van der Waals surface area contributed by atoms with Crippen molar-refractivity contribution in [3.8, 4) is 34.2 Å². The second kappa shape index (κ2) is 11.9. The fraction of sp³-hybridized carbons (Fsp3) is 0.138. The minimum absolute atomic E-state index is 0.166. The molecule has 1 N–H and O–H groups in total. The van der Waals surface area contributed by atoms with E-state index in [9.17, 15) is 10.1 Å². The van der Waals surface area contributed by atoms with Gasteiger partial charge in [-0.1, -0.05) is 58.0 Å². The first kappa shape index (κ1) is 25.5. The predicted molar refractivity (Wildman–Crippen MR) is 149 cm³/mol. The molecule has 0 aliphatic carbocycles. The van der Waals surface area contributed by atoms with Crippen molar-refractivity contribution < 1.29 is 9.53 Å². The van der Waals surface area contributed by atoms with Crippen molar-refractivity contribution in [1.29, 1.82) is 5.26 Å². The zero-order valence-corrected chi connectivity index (χ0v) is 22.3. The summed E-state index contributed by atoms with van der Waals surface area (Å²) in [7, 11) is 0. The molecule has 0 spiro atoms. The largest absolute Gasteiger partial charge is 0.494 e. The van der Waals surface area contributed by atoms with E-state index >= 15 is 0 Å². The van der Waals surface area contributed by atoms with Crippen LogP contribution < -0.4 is 10.1 Å². The third-order valence-electron chi connectivity index (χ3n) is 5.41. The van der Waals surface area contributed by atoms with E-state index in [1.807, 2.05) is 98.8 Å². The van der Waals surface area contributed by atoms with E-state index < -0.39 is 5.25 Å². The van der Waals surface area contributed by atoms with Gasteiger partial charge in [0.25, 0.3) is 0 Å². The molecule has 1 heterocycles. The molecule has 4 aromatic rings. The van der Waals surface area contributed by atoms with Gasteiger partial charge in [-0.2, -0.15) is 5.26 Å². The molecular weight excluding hydrogens is 534 g/mol. The van der Waals surface area contributed by atoms with Crippen LogP contribution in [0, 0.1) is 11.3 Å². The lowest BCUT2D eigenvalue weighted by atomic mass is 9.99. The highest BCUT2D eigenvalue weighted by Crippen LogP contribution is 2.36. The van der Waals surface area contributed by atoms with Gasteiger partial charge in [0, 0.05) is 21.3 Å². The predicted octanol–water partition coefficient (Wildman–Crippen LogP) is 7.57. The molecule has 3 aromatic carbocycles. The molecule has 180 valence electrons. The van der Waals surface area contributed by atoms with E-state index in [2.05, 4.69) is 27.3 Å². The van der Waals surface area contributed by atoms with E-state index in [1.165, 1.54) is 11.8 Å². The van der Waals surface area contributed by atoms with Crippen molar-refractivity contribution >= 4 is 39.3 Å². The second-order valence-corrected chi connectivity index (χ2v) is 10.2. The Morgan fingerprint density at radius 2 is 1.75 bits per heavy atom. The third-order valence-corrected chi connectivity index (χ3v) is 7.03. The maximum Gasteiger partial charge on any atom is 0.237 e. The summed E-state index contributed by atoms with van der Waals surface area (Å²) in [6, 6.07) is 29.1. The number of amides is 1. The van der Waals surface area contributed by atoms with E-state index in [1.54, 1.807) is 0 Å². The first-order valence-corrected chi connectivity index (χ1v) is 13.1. The van der Waals surface area contributed by atoms with Gasteiger partial charge < -0.3 is 10.1 Å². The van der Waals surface area contributed by atoms with Gasteiger partial charge >= 0.3 is 0 Å². The van der Waals surface area contributed by atoms with Crippen molar-refractivity contribution in [2.45, 2.75) is 24.1 Å². The average molecular weight is 559 g/mol. The molecule has 0 aliphatic heterocycles. The molecule has 0 fully saturated rings. The molecule has 0 radical (unpaired) electrons. The zero-order chi connectivity index (χ0) is 25.5. The van der Waals surface area contributed by atoms with Crippen LogP contribution >= 0.6 is 27.7 Å². The Balaban J connectivity index is 1.71. The van der Waals surface area contributed by atoms with Crippen molar-refractivity contribution in [3.05, 3.63) is 95.0 Å². The molecule has 0 aliphatic rings. The highest BCUT2D eigenvalue weighted by Gasteiger charge is 2.21. The van der Waals surface area contributed by atoms with E-state index in [0.29, 0.717) is 22.9 Å². The fourth-order valence-electron chi connectivity index (χ4n) is 3.59. The number of halogens is 1. The topological polar surface area (TPSA) is 75.0 Å². The van der Waals surface area contributed by atoms with Crippen LogP contribution in [0.15, 0.2) is 94.4 Å². The second-order valence-electron chi connectivity index (χ2n) is 7.93. The molecule has 0 unspecified atom stereocenters. The first-order chi connectivity index (χ1) is 17.5. The zero-order valence-electron chi connectivity index (χ0n) is 19.9. The molecule has 1 amide bonds. The molecule has 1 atom stereocenters.